The first-order chi connectivity index (χ1) is 16.7. The van der Waals surface area contributed by atoms with E-state index in [2.05, 4.69) is 21.2 Å². The lowest BCUT2D eigenvalue weighted by Crippen LogP contribution is -2.54. The molecule has 0 bridgehead atoms. The Hall–Kier alpha value is -3.20. The summed E-state index contributed by atoms with van der Waals surface area (Å²) in [7, 11) is 0. The van der Waals surface area contributed by atoms with Crippen molar-refractivity contribution in [1.29, 1.82) is 0 Å². The number of anilines is 1. The van der Waals surface area contributed by atoms with Crippen molar-refractivity contribution in [3.8, 4) is 5.75 Å². The predicted molar refractivity (Wildman–Crippen MR) is 135 cm³/mol. The number of amides is 4. The van der Waals surface area contributed by atoms with Crippen molar-refractivity contribution >= 4 is 68.7 Å². The lowest BCUT2D eigenvalue weighted by Gasteiger charge is -2.26. The van der Waals surface area contributed by atoms with Crippen molar-refractivity contribution < 1.29 is 23.5 Å². The van der Waals surface area contributed by atoms with E-state index in [1.807, 2.05) is 6.92 Å². The first-order valence-electron chi connectivity index (χ1n) is 10.2. The van der Waals surface area contributed by atoms with Crippen LogP contribution in [0.3, 0.4) is 0 Å². The first-order valence-corrected chi connectivity index (χ1v) is 11.7. The van der Waals surface area contributed by atoms with Crippen molar-refractivity contribution in [2.75, 3.05) is 4.90 Å². The molecule has 0 atom stereocenters. The molecule has 3 aromatic carbocycles. The van der Waals surface area contributed by atoms with Crippen LogP contribution in [0.5, 0.6) is 5.75 Å². The van der Waals surface area contributed by atoms with Gasteiger partial charge in [-0.2, -0.15) is 0 Å². The molecule has 1 aliphatic rings. The molecule has 4 rings (SSSR count). The second-order valence-electron chi connectivity index (χ2n) is 7.59. The van der Waals surface area contributed by atoms with E-state index in [4.69, 9.17) is 27.9 Å². The van der Waals surface area contributed by atoms with Crippen molar-refractivity contribution in [1.82, 2.24) is 5.32 Å². The summed E-state index contributed by atoms with van der Waals surface area (Å²) in [5.41, 5.74) is 1.48. The van der Waals surface area contributed by atoms with Gasteiger partial charge in [0, 0.05) is 10.0 Å². The van der Waals surface area contributed by atoms with Gasteiger partial charge in [0.05, 0.1) is 15.7 Å². The zero-order valence-electron chi connectivity index (χ0n) is 18.1. The second kappa shape index (κ2) is 10.2. The number of aryl methyl sites for hydroxylation is 1. The molecule has 4 amide bonds. The average molecular weight is 578 g/mol. The molecule has 6 nitrogen and oxygen atoms in total. The van der Waals surface area contributed by atoms with Crippen molar-refractivity contribution in [2.45, 2.75) is 13.5 Å². The zero-order valence-corrected chi connectivity index (χ0v) is 21.2. The molecule has 0 unspecified atom stereocenters. The van der Waals surface area contributed by atoms with Crippen LogP contribution >= 0.6 is 39.1 Å². The van der Waals surface area contributed by atoms with Crippen LogP contribution < -0.4 is 15.0 Å². The van der Waals surface area contributed by atoms with Crippen molar-refractivity contribution in [3.63, 3.8) is 0 Å². The Kier molecular flexibility index (Phi) is 7.25. The quantitative estimate of drug-likeness (QED) is 0.279. The van der Waals surface area contributed by atoms with Gasteiger partial charge in [-0.05, 0) is 60.5 Å². The van der Waals surface area contributed by atoms with E-state index in [-0.39, 0.29) is 28.0 Å². The van der Waals surface area contributed by atoms with Crippen LogP contribution in [0.2, 0.25) is 10.0 Å². The maximum atomic E-state index is 13.9. The Balaban J connectivity index is 1.62. The van der Waals surface area contributed by atoms with Gasteiger partial charge in [0.1, 0.15) is 18.0 Å². The highest BCUT2D eigenvalue weighted by molar-refractivity contribution is 9.10. The molecule has 0 saturated carbocycles. The average Bonchev–Trinajstić information content (AvgIpc) is 2.79. The van der Waals surface area contributed by atoms with E-state index in [1.54, 1.807) is 36.4 Å². The molecule has 3 aromatic rings. The van der Waals surface area contributed by atoms with Crippen LogP contribution in [0.4, 0.5) is 14.9 Å². The molecule has 1 saturated heterocycles. The lowest BCUT2D eigenvalue weighted by molar-refractivity contribution is -0.122. The summed E-state index contributed by atoms with van der Waals surface area (Å²) < 4.78 is 20.3. The van der Waals surface area contributed by atoms with Gasteiger partial charge < -0.3 is 4.74 Å². The third-order valence-corrected chi connectivity index (χ3v) is 6.61. The molecule has 1 aliphatic heterocycles. The number of ether oxygens (including phenoxy) is 1. The van der Waals surface area contributed by atoms with Crippen LogP contribution in [0, 0.1) is 12.7 Å². The molecule has 1 N–H and O–H groups in total. The topological polar surface area (TPSA) is 75.7 Å². The standard InChI is InChI=1S/C25H16BrCl2FN2O4/c1-13-8-16(6-7-18(13)26)31-24(33)17(23(32)30-25(31)34)9-14-10-19(27)22(20(28)11-14)35-12-15-4-2-3-5-21(15)29/h2-11H,12H2,1H3,(H,30,32,34)/b17-9+. The van der Waals surface area contributed by atoms with Gasteiger partial charge in [0.25, 0.3) is 11.8 Å². The normalized spacial score (nSPS) is 14.9. The Morgan fingerprint density at radius 1 is 1.06 bits per heavy atom. The molecule has 1 heterocycles. The maximum Gasteiger partial charge on any atom is 0.335 e. The van der Waals surface area contributed by atoms with Gasteiger partial charge >= 0.3 is 6.03 Å². The summed E-state index contributed by atoms with van der Waals surface area (Å²) in [6, 6.07) is 13.1. The fourth-order valence-electron chi connectivity index (χ4n) is 3.39. The van der Waals surface area contributed by atoms with Crippen LogP contribution in [0.25, 0.3) is 6.08 Å². The molecule has 178 valence electrons. The Morgan fingerprint density at radius 3 is 2.40 bits per heavy atom. The van der Waals surface area contributed by atoms with Crippen LogP contribution in [0.15, 0.2) is 64.6 Å². The number of barbiturate groups is 1. The number of benzene rings is 3. The highest BCUT2D eigenvalue weighted by atomic mass is 79.9. The molecular weight excluding hydrogens is 562 g/mol. The zero-order chi connectivity index (χ0) is 25.3. The number of carbonyl (C=O) groups is 3. The minimum atomic E-state index is -0.855. The number of imide groups is 2. The third-order valence-electron chi connectivity index (χ3n) is 5.16. The number of urea groups is 1. The number of carbonyl (C=O) groups excluding carboxylic acids is 3. The smallest absolute Gasteiger partial charge is 0.335 e. The van der Waals surface area contributed by atoms with Gasteiger partial charge in [-0.25, -0.2) is 14.1 Å². The number of nitrogens with one attached hydrogen (secondary N) is 1. The molecule has 1 fully saturated rings. The van der Waals surface area contributed by atoms with Gasteiger partial charge in [-0.1, -0.05) is 57.3 Å². The number of rotatable bonds is 5. The molecule has 0 spiro atoms. The summed E-state index contributed by atoms with van der Waals surface area (Å²) in [4.78, 5) is 38.9. The summed E-state index contributed by atoms with van der Waals surface area (Å²) in [6.45, 7) is 1.71. The van der Waals surface area contributed by atoms with Gasteiger partial charge in [0.15, 0.2) is 5.75 Å². The molecule has 10 heteroatoms. The van der Waals surface area contributed by atoms with Crippen LogP contribution in [-0.2, 0) is 16.2 Å². The maximum absolute atomic E-state index is 13.9. The molecule has 35 heavy (non-hydrogen) atoms. The lowest BCUT2D eigenvalue weighted by atomic mass is 10.1. The van der Waals surface area contributed by atoms with Crippen LogP contribution in [-0.4, -0.2) is 17.8 Å². The molecule has 0 aliphatic carbocycles. The van der Waals surface area contributed by atoms with E-state index >= 15 is 0 Å². The van der Waals surface area contributed by atoms with E-state index < -0.39 is 23.7 Å². The van der Waals surface area contributed by atoms with Crippen molar-refractivity contribution in [2.24, 2.45) is 0 Å². The highest BCUT2D eigenvalue weighted by Gasteiger charge is 2.37. The third kappa shape index (κ3) is 5.24. The van der Waals surface area contributed by atoms with E-state index in [9.17, 15) is 18.8 Å². The first kappa shape index (κ1) is 24.9. The van der Waals surface area contributed by atoms with Gasteiger partial charge in [-0.15, -0.1) is 0 Å². The summed E-state index contributed by atoms with van der Waals surface area (Å²) >= 11 is 16.0. The van der Waals surface area contributed by atoms with E-state index in [0.29, 0.717) is 16.8 Å². The number of halogens is 4. The fraction of sp³-hybridized carbons (Fsp3) is 0.0800. The summed E-state index contributed by atoms with van der Waals surface area (Å²) in [6.07, 6.45) is 1.28. The Morgan fingerprint density at radius 2 is 1.74 bits per heavy atom. The minimum absolute atomic E-state index is 0.0980. The van der Waals surface area contributed by atoms with Crippen LogP contribution in [0.1, 0.15) is 16.7 Å². The largest absolute Gasteiger partial charge is 0.486 e. The fourth-order valence-corrected chi connectivity index (χ4v) is 4.25. The predicted octanol–water partition coefficient (Wildman–Crippen LogP) is 6.45. The number of hydrogen-bond donors (Lipinski definition) is 1. The van der Waals surface area contributed by atoms with Gasteiger partial charge in [-0.3, -0.25) is 14.9 Å². The SMILES string of the molecule is Cc1cc(N2C(=O)NC(=O)/C(=C\c3cc(Cl)c(OCc4ccccc4F)c(Cl)c3)C2=O)ccc1Br. The molecule has 0 radical (unpaired) electrons. The minimum Gasteiger partial charge on any atom is -0.486 e. The number of nitrogens with zero attached hydrogens (tertiary/aromatic N) is 1. The molecule has 0 aromatic heterocycles. The molecular formula is C25H16BrCl2FN2O4. The summed E-state index contributed by atoms with van der Waals surface area (Å²) in [5.74, 6) is -1.95. The second-order valence-corrected chi connectivity index (χ2v) is 9.25. The number of hydrogen-bond acceptors (Lipinski definition) is 4. The monoisotopic (exact) mass is 576 g/mol. The van der Waals surface area contributed by atoms with E-state index in [1.165, 1.54) is 24.3 Å². The van der Waals surface area contributed by atoms with Gasteiger partial charge in [0.2, 0.25) is 0 Å². The van der Waals surface area contributed by atoms with Crippen molar-refractivity contribution in [3.05, 3.63) is 97.2 Å². The Labute approximate surface area is 218 Å². The highest BCUT2D eigenvalue weighted by Crippen LogP contribution is 2.36. The van der Waals surface area contributed by atoms with E-state index in [0.717, 1.165) is 14.9 Å². The summed E-state index contributed by atoms with van der Waals surface area (Å²) in [5, 5.41) is 2.36. The Bertz CT molecular complexity index is 1390.